The summed E-state index contributed by atoms with van der Waals surface area (Å²) in [4.78, 5) is 4.04. The Kier molecular flexibility index (Phi) is 4.49. The van der Waals surface area contributed by atoms with Crippen molar-refractivity contribution in [2.75, 3.05) is 12.3 Å². The van der Waals surface area contributed by atoms with Crippen molar-refractivity contribution in [2.24, 2.45) is 0 Å². The molecule has 1 rings (SSSR count). The number of pyridine rings is 1. The van der Waals surface area contributed by atoms with Gasteiger partial charge in [-0.3, -0.25) is 0 Å². The van der Waals surface area contributed by atoms with E-state index in [2.05, 4.69) is 11.9 Å². The van der Waals surface area contributed by atoms with Crippen LogP contribution in [0.25, 0.3) is 0 Å². The Hall–Kier alpha value is -1.16. The molecule has 0 spiro atoms. The molecule has 0 bridgehead atoms. The fraction of sp³-hybridized carbons (Fsp3) is 0.455. The van der Waals surface area contributed by atoms with Gasteiger partial charge in [0.25, 0.3) is 0 Å². The minimum absolute atomic E-state index is 0.508. The Morgan fingerprint density at radius 1 is 1.53 bits per heavy atom. The molecule has 0 aliphatic carbocycles. The first-order valence-electron chi connectivity index (χ1n) is 5.10. The van der Waals surface area contributed by atoms with Crippen LogP contribution in [0.15, 0.2) is 12.3 Å². The number of aryl methyl sites for hydroxylation is 1. The monoisotopic (exact) mass is 224 g/mol. The summed E-state index contributed by atoms with van der Waals surface area (Å²) in [5.74, 6) is 0.529. The van der Waals surface area contributed by atoms with Crippen LogP contribution in [0.4, 0.5) is 5.82 Å². The zero-order valence-electron chi connectivity index (χ0n) is 9.12. The minimum atomic E-state index is 0.508. The second-order valence-electron chi connectivity index (χ2n) is 3.24. The predicted molar refractivity (Wildman–Crippen MR) is 66.0 cm³/mol. The molecule has 0 aromatic carbocycles. The first-order chi connectivity index (χ1) is 7.19. The van der Waals surface area contributed by atoms with E-state index in [1.54, 1.807) is 6.20 Å². The zero-order chi connectivity index (χ0) is 11.3. The molecule has 82 valence electrons. The van der Waals surface area contributed by atoms with Crippen LogP contribution in [0.2, 0.25) is 0 Å². The summed E-state index contributed by atoms with van der Waals surface area (Å²) < 4.78 is 5.31. The summed E-state index contributed by atoms with van der Waals surface area (Å²) in [5, 5.41) is 0.508. The Morgan fingerprint density at radius 3 is 2.87 bits per heavy atom. The van der Waals surface area contributed by atoms with E-state index in [-0.39, 0.29) is 0 Å². The van der Waals surface area contributed by atoms with Gasteiger partial charge in [0, 0.05) is 11.8 Å². The van der Waals surface area contributed by atoms with Crippen LogP contribution >= 0.6 is 12.2 Å². The third-order valence-corrected chi connectivity index (χ3v) is 2.36. The van der Waals surface area contributed by atoms with Crippen LogP contribution in [-0.4, -0.2) is 16.6 Å². The maximum absolute atomic E-state index is 5.64. The van der Waals surface area contributed by atoms with Gasteiger partial charge in [0.15, 0.2) is 5.05 Å². The van der Waals surface area contributed by atoms with Crippen molar-refractivity contribution in [3.63, 3.8) is 0 Å². The number of ether oxygens (including phenoxy) is 1. The summed E-state index contributed by atoms with van der Waals surface area (Å²) in [7, 11) is 0. The lowest BCUT2D eigenvalue weighted by Crippen LogP contribution is -2.08. The number of nitrogen functional groups attached to an aromatic ring is 1. The molecule has 0 fully saturated rings. The van der Waals surface area contributed by atoms with Gasteiger partial charge in [-0.05, 0) is 37.2 Å². The summed E-state index contributed by atoms with van der Waals surface area (Å²) in [6, 6.07) is 1.87. The number of nitrogens with zero attached hydrogens (tertiary/aromatic N) is 1. The largest absolute Gasteiger partial charge is 0.483 e. The van der Waals surface area contributed by atoms with Crippen molar-refractivity contribution in [1.29, 1.82) is 0 Å². The van der Waals surface area contributed by atoms with Crippen LogP contribution < -0.4 is 5.73 Å². The Morgan fingerprint density at radius 2 is 2.27 bits per heavy atom. The van der Waals surface area contributed by atoms with Crippen molar-refractivity contribution >= 4 is 23.1 Å². The summed E-state index contributed by atoms with van der Waals surface area (Å²) in [5.41, 5.74) is 7.64. The van der Waals surface area contributed by atoms with E-state index in [4.69, 9.17) is 22.7 Å². The van der Waals surface area contributed by atoms with Crippen molar-refractivity contribution < 1.29 is 4.74 Å². The van der Waals surface area contributed by atoms with Gasteiger partial charge in [-0.15, -0.1) is 0 Å². The van der Waals surface area contributed by atoms with Crippen LogP contribution in [0.3, 0.4) is 0 Å². The van der Waals surface area contributed by atoms with Crippen LogP contribution in [0.5, 0.6) is 0 Å². The van der Waals surface area contributed by atoms with Crippen molar-refractivity contribution in [1.82, 2.24) is 4.98 Å². The van der Waals surface area contributed by atoms with Gasteiger partial charge in [0.1, 0.15) is 5.82 Å². The minimum Gasteiger partial charge on any atom is -0.483 e. The molecular formula is C11H16N2OS. The predicted octanol–water partition coefficient (Wildman–Crippen LogP) is 2.33. The molecule has 0 saturated carbocycles. The van der Waals surface area contributed by atoms with Crippen molar-refractivity contribution in [3.05, 3.63) is 23.4 Å². The molecule has 15 heavy (non-hydrogen) atoms. The van der Waals surface area contributed by atoms with Crippen molar-refractivity contribution in [2.45, 2.75) is 26.7 Å². The van der Waals surface area contributed by atoms with Gasteiger partial charge < -0.3 is 10.5 Å². The standard InChI is InChI=1S/C11H16N2OS/c1-3-5-8-6-10(12)13-7-9(8)11(15)14-4-2/h6-7H,3-5H2,1-2H3,(H2,12,13). The molecule has 0 atom stereocenters. The van der Waals surface area contributed by atoms with Crippen LogP contribution in [0.1, 0.15) is 31.4 Å². The number of aromatic nitrogens is 1. The molecule has 0 amide bonds. The molecule has 1 heterocycles. The molecular weight excluding hydrogens is 208 g/mol. The second-order valence-corrected chi connectivity index (χ2v) is 3.61. The number of nitrogens with two attached hydrogens (primary N) is 1. The van der Waals surface area contributed by atoms with Gasteiger partial charge in [0.05, 0.1) is 6.61 Å². The molecule has 0 saturated heterocycles. The normalized spacial score (nSPS) is 10.0. The molecule has 0 aliphatic rings. The molecule has 1 aromatic heterocycles. The number of anilines is 1. The maximum Gasteiger partial charge on any atom is 0.192 e. The van der Waals surface area contributed by atoms with E-state index in [9.17, 15) is 0 Å². The highest BCUT2D eigenvalue weighted by atomic mass is 32.1. The average Bonchev–Trinajstić information content (AvgIpc) is 2.18. The number of rotatable bonds is 4. The highest BCUT2D eigenvalue weighted by Crippen LogP contribution is 2.15. The van der Waals surface area contributed by atoms with Crippen molar-refractivity contribution in [3.8, 4) is 0 Å². The van der Waals surface area contributed by atoms with Gasteiger partial charge in [0.2, 0.25) is 0 Å². The molecule has 2 N–H and O–H groups in total. The van der Waals surface area contributed by atoms with E-state index in [0.29, 0.717) is 17.5 Å². The van der Waals surface area contributed by atoms with Gasteiger partial charge in [-0.2, -0.15) is 0 Å². The van der Waals surface area contributed by atoms with E-state index in [1.807, 2.05) is 13.0 Å². The quantitative estimate of drug-likeness (QED) is 0.797. The highest BCUT2D eigenvalue weighted by Gasteiger charge is 2.09. The molecule has 4 heteroatoms. The van der Waals surface area contributed by atoms with Crippen LogP contribution in [-0.2, 0) is 11.2 Å². The summed E-state index contributed by atoms with van der Waals surface area (Å²) in [6.07, 6.45) is 3.68. The van der Waals surface area contributed by atoms with Gasteiger partial charge in [-0.1, -0.05) is 13.3 Å². The van der Waals surface area contributed by atoms with E-state index in [1.165, 1.54) is 0 Å². The zero-order valence-corrected chi connectivity index (χ0v) is 9.93. The molecule has 0 unspecified atom stereocenters. The maximum atomic E-state index is 5.64. The molecule has 0 radical (unpaired) electrons. The van der Waals surface area contributed by atoms with Gasteiger partial charge >= 0.3 is 0 Å². The SMILES string of the molecule is CCCc1cc(N)ncc1C(=S)OCC. The third kappa shape index (κ3) is 3.16. The second kappa shape index (κ2) is 5.66. The first kappa shape index (κ1) is 11.9. The van der Waals surface area contributed by atoms with E-state index >= 15 is 0 Å². The average molecular weight is 224 g/mol. The Labute approximate surface area is 95.7 Å². The van der Waals surface area contributed by atoms with E-state index < -0.39 is 0 Å². The number of thiocarbonyl (C=S) groups is 1. The fourth-order valence-electron chi connectivity index (χ4n) is 1.38. The Balaban J connectivity index is 2.99. The lowest BCUT2D eigenvalue weighted by atomic mass is 10.1. The number of hydrogen-bond acceptors (Lipinski definition) is 4. The number of hydrogen-bond donors (Lipinski definition) is 1. The molecule has 1 aromatic rings. The van der Waals surface area contributed by atoms with E-state index in [0.717, 1.165) is 24.0 Å². The highest BCUT2D eigenvalue weighted by molar-refractivity contribution is 7.80. The van der Waals surface area contributed by atoms with Gasteiger partial charge in [-0.25, -0.2) is 4.98 Å². The summed E-state index contributed by atoms with van der Waals surface area (Å²) >= 11 is 5.16. The lowest BCUT2D eigenvalue weighted by molar-refractivity contribution is 0.337. The third-order valence-electron chi connectivity index (χ3n) is 2.03. The van der Waals surface area contributed by atoms with Crippen LogP contribution in [0, 0.1) is 0 Å². The fourth-order valence-corrected chi connectivity index (χ4v) is 1.69. The summed E-state index contributed by atoms with van der Waals surface area (Å²) in [6.45, 7) is 4.61. The molecule has 3 nitrogen and oxygen atoms in total. The lowest BCUT2D eigenvalue weighted by Gasteiger charge is -2.10. The first-order valence-corrected chi connectivity index (χ1v) is 5.51. The Bertz CT molecular complexity index is 352. The smallest absolute Gasteiger partial charge is 0.192 e. The molecule has 0 aliphatic heterocycles. The topological polar surface area (TPSA) is 48.1 Å².